The van der Waals surface area contributed by atoms with Crippen molar-refractivity contribution in [1.29, 1.82) is 0 Å². The first-order valence-corrected chi connectivity index (χ1v) is 6.89. The summed E-state index contributed by atoms with van der Waals surface area (Å²) in [6, 6.07) is 6.66. The molecule has 1 aliphatic rings. The van der Waals surface area contributed by atoms with Gasteiger partial charge in [0.1, 0.15) is 0 Å². The third-order valence-corrected chi connectivity index (χ3v) is 4.39. The fourth-order valence-corrected chi connectivity index (χ4v) is 2.09. The van der Waals surface area contributed by atoms with Gasteiger partial charge in [0, 0.05) is 0 Å². The minimum atomic E-state index is -1.94. The smallest absolute Gasteiger partial charge is 0.479 e. The maximum absolute atomic E-state index is 11.1. The number of carbonyl (C=O) groups is 1. The molecule has 5 nitrogen and oxygen atoms in total. The second-order valence-corrected chi connectivity index (χ2v) is 6.59. The highest BCUT2D eigenvalue weighted by Crippen LogP contribution is 2.36. The standard InChI is InChI=1S/C15H21BO5/c1-13(2)14(3,4)21-16(20-13)11-8-6-7-10(9-11)15(5,19)12(17)18/h6-9,19H,1-5H3,(H,17,18)/t15-/m1/s1. The molecule has 1 atom stereocenters. The lowest BCUT2D eigenvalue weighted by Gasteiger charge is -2.32. The van der Waals surface area contributed by atoms with Crippen LogP contribution >= 0.6 is 0 Å². The zero-order chi connectivity index (χ0) is 16.1. The topological polar surface area (TPSA) is 76.0 Å². The molecular formula is C15H21BO5. The Bertz CT molecular complexity index is 549. The van der Waals surface area contributed by atoms with Crippen LogP contribution in [0.2, 0.25) is 0 Å². The molecule has 114 valence electrons. The molecule has 0 radical (unpaired) electrons. The fraction of sp³-hybridized carbons (Fsp3) is 0.533. The quantitative estimate of drug-likeness (QED) is 0.821. The highest BCUT2D eigenvalue weighted by atomic mass is 16.7. The van der Waals surface area contributed by atoms with Crippen LogP contribution in [0.25, 0.3) is 0 Å². The molecule has 1 aromatic rings. The van der Waals surface area contributed by atoms with Gasteiger partial charge in [0.2, 0.25) is 0 Å². The Hall–Kier alpha value is -1.37. The molecule has 1 saturated heterocycles. The first-order valence-electron chi connectivity index (χ1n) is 6.89. The summed E-state index contributed by atoms with van der Waals surface area (Å²) in [5.41, 5.74) is -1.90. The van der Waals surface area contributed by atoms with Crippen molar-refractivity contribution in [3.05, 3.63) is 29.8 Å². The number of benzene rings is 1. The predicted octanol–water partition coefficient (Wildman–Crippen LogP) is 1.28. The molecule has 0 aliphatic carbocycles. The molecule has 0 spiro atoms. The predicted molar refractivity (Wildman–Crippen MR) is 79.4 cm³/mol. The van der Waals surface area contributed by atoms with Crippen LogP contribution in [-0.2, 0) is 19.7 Å². The molecule has 2 N–H and O–H groups in total. The van der Waals surface area contributed by atoms with Crippen LogP contribution in [0, 0.1) is 0 Å². The number of carboxylic acids is 1. The SMILES string of the molecule is CC1(C)OB(c2cccc([C@@](C)(O)C(=O)O)c2)OC1(C)C. The second kappa shape index (κ2) is 4.83. The molecule has 0 aromatic heterocycles. The Morgan fingerprint density at radius 3 is 2.19 bits per heavy atom. The Morgan fingerprint density at radius 1 is 1.19 bits per heavy atom. The van der Waals surface area contributed by atoms with Crippen molar-refractivity contribution in [1.82, 2.24) is 0 Å². The van der Waals surface area contributed by atoms with E-state index >= 15 is 0 Å². The van der Waals surface area contributed by atoms with Crippen molar-refractivity contribution in [2.45, 2.75) is 51.4 Å². The molecule has 0 amide bonds. The summed E-state index contributed by atoms with van der Waals surface area (Å²) in [5, 5.41) is 19.2. The highest BCUT2D eigenvalue weighted by Gasteiger charge is 2.51. The summed E-state index contributed by atoms with van der Waals surface area (Å²) in [6.45, 7) is 9.04. The minimum absolute atomic E-state index is 0.294. The van der Waals surface area contributed by atoms with E-state index < -0.39 is 29.9 Å². The molecule has 1 aromatic carbocycles. The van der Waals surface area contributed by atoms with Crippen LogP contribution in [0.5, 0.6) is 0 Å². The van der Waals surface area contributed by atoms with E-state index in [2.05, 4.69) is 0 Å². The summed E-state index contributed by atoms with van der Waals surface area (Å²) < 4.78 is 11.9. The van der Waals surface area contributed by atoms with E-state index in [1.807, 2.05) is 27.7 Å². The van der Waals surface area contributed by atoms with E-state index in [9.17, 15) is 9.90 Å². The zero-order valence-electron chi connectivity index (χ0n) is 13.0. The van der Waals surface area contributed by atoms with Crippen molar-refractivity contribution >= 4 is 18.6 Å². The van der Waals surface area contributed by atoms with Gasteiger partial charge in [0.25, 0.3) is 0 Å². The van der Waals surface area contributed by atoms with Gasteiger partial charge in [-0.1, -0.05) is 24.3 Å². The van der Waals surface area contributed by atoms with Crippen molar-refractivity contribution < 1.29 is 24.3 Å². The summed E-state index contributed by atoms with van der Waals surface area (Å²) in [5.74, 6) is -1.30. The summed E-state index contributed by atoms with van der Waals surface area (Å²) in [7, 11) is -0.584. The normalized spacial score (nSPS) is 22.9. The van der Waals surface area contributed by atoms with E-state index in [0.29, 0.717) is 11.0 Å². The molecule has 0 saturated carbocycles. The van der Waals surface area contributed by atoms with Crippen LogP contribution in [0.1, 0.15) is 40.2 Å². The van der Waals surface area contributed by atoms with E-state index in [-0.39, 0.29) is 0 Å². The third-order valence-electron chi connectivity index (χ3n) is 4.39. The number of aliphatic hydroxyl groups is 1. The van der Waals surface area contributed by atoms with Crippen LogP contribution in [0.3, 0.4) is 0 Å². The van der Waals surface area contributed by atoms with Gasteiger partial charge < -0.3 is 19.5 Å². The fourth-order valence-electron chi connectivity index (χ4n) is 2.09. The lowest BCUT2D eigenvalue weighted by molar-refractivity contribution is -0.157. The van der Waals surface area contributed by atoms with E-state index in [1.165, 1.54) is 6.92 Å². The van der Waals surface area contributed by atoms with Gasteiger partial charge >= 0.3 is 13.1 Å². The first kappa shape index (κ1) is 16.0. The summed E-state index contributed by atoms with van der Waals surface area (Å²) in [6.07, 6.45) is 0. The van der Waals surface area contributed by atoms with Crippen LogP contribution in [0.15, 0.2) is 24.3 Å². The van der Waals surface area contributed by atoms with E-state index in [1.54, 1.807) is 24.3 Å². The van der Waals surface area contributed by atoms with Crippen LogP contribution in [0.4, 0.5) is 0 Å². The number of hydrogen-bond donors (Lipinski definition) is 2. The molecule has 1 fully saturated rings. The molecule has 21 heavy (non-hydrogen) atoms. The number of rotatable bonds is 3. The van der Waals surface area contributed by atoms with Gasteiger partial charge in [-0.05, 0) is 45.6 Å². The zero-order valence-corrected chi connectivity index (χ0v) is 13.0. The van der Waals surface area contributed by atoms with Gasteiger partial charge in [-0.3, -0.25) is 0 Å². The Kier molecular flexibility index (Phi) is 3.68. The first-order chi connectivity index (χ1) is 9.47. The van der Waals surface area contributed by atoms with Crippen LogP contribution in [-0.4, -0.2) is 34.5 Å². The van der Waals surface area contributed by atoms with Crippen molar-refractivity contribution in [3.63, 3.8) is 0 Å². The molecule has 2 rings (SSSR count). The van der Waals surface area contributed by atoms with Crippen molar-refractivity contribution in [3.8, 4) is 0 Å². The van der Waals surface area contributed by atoms with Gasteiger partial charge in [0.15, 0.2) is 5.60 Å². The molecule has 6 heteroatoms. The maximum atomic E-state index is 11.1. The second-order valence-electron chi connectivity index (χ2n) is 6.59. The minimum Gasteiger partial charge on any atom is -0.479 e. The largest absolute Gasteiger partial charge is 0.494 e. The van der Waals surface area contributed by atoms with Crippen molar-refractivity contribution in [2.24, 2.45) is 0 Å². The van der Waals surface area contributed by atoms with Crippen molar-refractivity contribution in [2.75, 3.05) is 0 Å². The number of hydrogen-bond acceptors (Lipinski definition) is 4. The molecule has 1 heterocycles. The summed E-state index contributed by atoms with van der Waals surface area (Å²) >= 11 is 0. The monoisotopic (exact) mass is 292 g/mol. The molecular weight excluding hydrogens is 271 g/mol. The Morgan fingerprint density at radius 2 is 1.71 bits per heavy atom. The lowest BCUT2D eigenvalue weighted by atomic mass is 9.77. The van der Waals surface area contributed by atoms with Gasteiger partial charge in [-0.2, -0.15) is 0 Å². The molecule has 0 bridgehead atoms. The van der Waals surface area contributed by atoms with Crippen LogP contribution < -0.4 is 5.46 Å². The van der Waals surface area contributed by atoms with E-state index in [0.717, 1.165) is 0 Å². The average molecular weight is 292 g/mol. The van der Waals surface area contributed by atoms with Gasteiger partial charge in [-0.15, -0.1) is 0 Å². The van der Waals surface area contributed by atoms with Gasteiger partial charge in [-0.25, -0.2) is 4.79 Å². The molecule has 1 aliphatic heterocycles. The number of aliphatic carboxylic acids is 1. The van der Waals surface area contributed by atoms with E-state index in [4.69, 9.17) is 14.4 Å². The Labute approximate surface area is 125 Å². The third kappa shape index (κ3) is 2.71. The van der Waals surface area contributed by atoms with Gasteiger partial charge in [0.05, 0.1) is 11.2 Å². The molecule has 0 unspecified atom stereocenters. The number of carboxylic acid groups (broad SMARTS) is 1. The lowest BCUT2D eigenvalue weighted by Crippen LogP contribution is -2.41. The maximum Gasteiger partial charge on any atom is 0.494 e. The average Bonchev–Trinajstić information content (AvgIpc) is 2.58. The highest BCUT2D eigenvalue weighted by molar-refractivity contribution is 6.62. The Balaban J connectivity index is 2.34. The summed E-state index contributed by atoms with van der Waals surface area (Å²) in [4.78, 5) is 11.1.